The van der Waals surface area contributed by atoms with E-state index in [-0.39, 0.29) is 0 Å². The molecule has 0 aromatic carbocycles. The van der Waals surface area contributed by atoms with Gasteiger partial charge in [-0.3, -0.25) is 4.90 Å². The van der Waals surface area contributed by atoms with E-state index in [1.807, 2.05) is 0 Å². The summed E-state index contributed by atoms with van der Waals surface area (Å²) < 4.78 is 10.1. The summed E-state index contributed by atoms with van der Waals surface area (Å²) in [7, 11) is 1.36. The monoisotopic (exact) mass is 259 g/mol. The molecule has 0 heterocycles. The van der Waals surface area contributed by atoms with Crippen molar-refractivity contribution in [2.75, 3.05) is 7.05 Å². The van der Waals surface area contributed by atoms with Gasteiger partial charge in [-0.2, -0.15) is 0 Å². The highest BCUT2D eigenvalue weighted by atomic mass is 16.6. The molecule has 0 radical (unpaired) electrons. The first-order chi connectivity index (χ1) is 8.10. The number of likely N-dealkylation sites (N-methyl/N-ethyl adjacent to an activating group) is 1. The molecule has 2 atom stereocenters. The fourth-order valence-corrected chi connectivity index (χ4v) is 1.36. The number of hydrogen-bond donors (Lipinski definition) is 1. The van der Waals surface area contributed by atoms with E-state index in [1.54, 1.807) is 27.7 Å². The summed E-state index contributed by atoms with van der Waals surface area (Å²) in [5.74, 6) is -1.17. The molecule has 0 fully saturated rings. The van der Waals surface area contributed by atoms with Gasteiger partial charge in [0.1, 0.15) is 11.7 Å². The molecule has 0 aliphatic carbocycles. The smallest absolute Gasteiger partial charge is 0.410 e. The van der Waals surface area contributed by atoms with Crippen molar-refractivity contribution in [1.82, 2.24) is 4.90 Å². The average molecular weight is 259 g/mol. The van der Waals surface area contributed by atoms with Crippen LogP contribution in [0.15, 0.2) is 12.8 Å². The van der Waals surface area contributed by atoms with Gasteiger partial charge in [0.25, 0.3) is 0 Å². The lowest BCUT2D eigenvalue weighted by molar-refractivity contribution is -0.146. The zero-order valence-corrected chi connectivity index (χ0v) is 11.5. The van der Waals surface area contributed by atoms with Crippen molar-refractivity contribution in [2.45, 2.75) is 45.4 Å². The molecule has 18 heavy (non-hydrogen) atoms. The number of aliphatic carboxylic acids is 1. The van der Waals surface area contributed by atoms with Crippen molar-refractivity contribution in [3.05, 3.63) is 12.8 Å². The third-order valence-electron chi connectivity index (χ3n) is 2.11. The zero-order chi connectivity index (χ0) is 14.5. The largest absolute Gasteiger partial charge is 0.496 e. The van der Waals surface area contributed by atoms with Crippen LogP contribution in [0.4, 0.5) is 4.79 Å². The zero-order valence-electron chi connectivity index (χ0n) is 11.5. The number of rotatable bonds is 5. The lowest BCUT2D eigenvalue weighted by atomic mass is 10.1. The predicted molar refractivity (Wildman–Crippen MR) is 66.2 cm³/mol. The second kappa shape index (κ2) is 6.28. The summed E-state index contributed by atoms with van der Waals surface area (Å²) in [5.41, 5.74) is -0.684. The molecule has 6 heteroatoms. The minimum Gasteiger partial charge on any atom is -0.496 e. The Kier molecular flexibility index (Phi) is 5.68. The highest BCUT2D eigenvalue weighted by Crippen LogP contribution is 2.14. The summed E-state index contributed by atoms with van der Waals surface area (Å²) in [6, 6.07) is -1.14. The number of amides is 1. The van der Waals surface area contributed by atoms with Gasteiger partial charge < -0.3 is 14.6 Å². The molecule has 104 valence electrons. The topological polar surface area (TPSA) is 76.1 Å². The van der Waals surface area contributed by atoms with Gasteiger partial charge in [-0.05, 0) is 27.7 Å². The SMILES string of the molecule is C=CO[C@H](C)[C@@H](C(=O)O)N(C)C(=O)OC(C)(C)C. The average Bonchev–Trinajstić information content (AvgIpc) is 2.14. The van der Waals surface area contributed by atoms with Crippen LogP contribution in [0.5, 0.6) is 0 Å². The molecule has 0 saturated heterocycles. The number of nitrogens with zero attached hydrogens (tertiary/aromatic N) is 1. The fourth-order valence-electron chi connectivity index (χ4n) is 1.36. The van der Waals surface area contributed by atoms with Crippen LogP contribution in [-0.4, -0.2) is 46.9 Å². The van der Waals surface area contributed by atoms with Crippen LogP contribution >= 0.6 is 0 Å². The van der Waals surface area contributed by atoms with Gasteiger partial charge in [0, 0.05) is 7.05 Å². The van der Waals surface area contributed by atoms with Gasteiger partial charge in [-0.15, -0.1) is 0 Å². The molecule has 0 spiro atoms. The molecular weight excluding hydrogens is 238 g/mol. The second-order valence-corrected chi connectivity index (χ2v) is 4.88. The maximum absolute atomic E-state index is 11.8. The molecule has 0 aromatic heterocycles. The Hall–Kier alpha value is -1.72. The van der Waals surface area contributed by atoms with Crippen LogP contribution in [0.2, 0.25) is 0 Å². The van der Waals surface area contributed by atoms with Crippen LogP contribution in [0, 0.1) is 0 Å². The number of ether oxygens (including phenoxy) is 2. The number of carbonyl (C=O) groups excluding carboxylic acids is 1. The molecule has 0 unspecified atom stereocenters. The van der Waals surface area contributed by atoms with Gasteiger partial charge in [0.15, 0.2) is 6.04 Å². The van der Waals surface area contributed by atoms with Crippen LogP contribution in [-0.2, 0) is 14.3 Å². The molecular formula is C12H21NO5. The molecule has 1 N–H and O–H groups in total. The minimum absolute atomic E-state index is 0.684. The summed E-state index contributed by atoms with van der Waals surface area (Å²) in [5, 5.41) is 9.12. The van der Waals surface area contributed by atoms with E-state index in [4.69, 9.17) is 14.6 Å². The first-order valence-corrected chi connectivity index (χ1v) is 5.55. The van der Waals surface area contributed by atoms with E-state index in [2.05, 4.69) is 6.58 Å². The van der Waals surface area contributed by atoms with E-state index in [0.717, 1.165) is 11.2 Å². The van der Waals surface area contributed by atoms with Crippen molar-refractivity contribution in [2.24, 2.45) is 0 Å². The third kappa shape index (κ3) is 5.07. The molecule has 6 nitrogen and oxygen atoms in total. The van der Waals surface area contributed by atoms with Crippen LogP contribution in [0.3, 0.4) is 0 Å². The van der Waals surface area contributed by atoms with E-state index in [1.165, 1.54) is 7.05 Å². The molecule has 0 bridgehead atoms. The molecule has 0 aliphatic heterocycles. The van der Waals surface area contributed by atoms with Crippen LogP contribution in [0.1, 0.15) is 27.7 Å². The first kappa shape index (κ1) is 16.3. The number of carboxylic acids is 1. The van der Waals surface area contributed by atoms with Gasteiger partial charge in [0.05, 0.1) is 6.26 Å². The van der Waals surface area contributed by atoms with E-state index >= 15 is 0 Å². The minimum atomic E-state index is -1.17. The molecule has 1 amide bonds. The Labute approximate surface area is 107 Å². The van der Waals surface area contributed by atoms with Gasteiger partial charge >= 0.3 is 12.1 Å². The maximum Gasteiger partial charge on any atom is 0.410 e. The molecule has 0 saturated carbocycles. The van der Waals surface area contributed by atoms with Crippen molar-refractivity contribution >= 4 is 12.1 Å². The fraction of sp³-hybridized carbons (Fsp3) is 0.667. The van der Waals surface area contributed by atoms with Crippen LogP contribution in [0.25, 0.3) is 0 Å². The molecule has 0 aliphatic rings. The van der Waals surface area contributed by atoms with Gasteiger partial charge in [0.2, 0.25) is 0 Å². The van der Waals surface area contributed by atoms with Crippen molar-refractivity contribution in [1.29, 1.82) is 0 Å². The summed E-state index contributed by atoms with van der Waals surface area (Å²) in [6.07, 6.45) is -0.296. The standard InChI is InChI=1S/C12H21NO5/c1-7-17-8(2)9(10(14)15)13(6)11(16)18-12(3,4)5/h7-9H,1H2,2-6H3,(H,14,15)/t8-,9+/m1/s1. The number of carboxylic acid groups (broad SMARTS) is 1. The summed E-state index contributed by atoms with van der Waals surface area (Å²) in [4.78, 5) is 23.9. The Morgan fingerprint density at radius 3 is 2.22 bits per heavy atom. The number of hydrogen-bond acceptors (Lipinski definition) is 4. The summed E-state index contributed by atoms with van der Waals surface area (Å²) >= 11 is 0. The Bertz CT molecular complexity index is 321. The first-order valence-electron chi connectivity index (χ1n) is 5.55. The third-order valence-corrected chi connectivity index (χ3v) is 2.11. The van der Waals surface area contributed by atoms with Crippen molar-refractivity contribution in [3.8, 4) is 0 Å². The highest BCUT2D eigenvalue weighted by molar-refractivity contribution is 5.80. The van der Waals surface area contributed by atoms with Crippen molar-refractivity contribution in [3.63, 3.8) is 0 Å². The number of carbonyl (C=O) groups is 2. The van der Waals surface area contributed by atoms with E-state index < -0.39 is 29.8 Å². The lowest BCUT2D eigenvalue weighted by Gasteiger charge is -2.31. The Morgan fingerprint density at radius 1 is 1.39 bits per heavy atom. The van der Waals surface area contributed by atoms with E-state index in [0.29, 0.717) is 0 Å². The lowest BCUT2D eigenvalue weighted by Crippen LogP contribution is -2.50. The normalized spacial score (nSPS) is 14.3. The van der Waals surface area contributed by atoms with Crippen molar-refractivity contribution < 1.29 is 24.2 Å². The Balaban J connectivity index is 4.86. The van der Waals surface area contributed by atoms with Crippen LogP contribution < -0.4 is 0 Å². The van der Waals surface area contributed by atoms with Gasteiger partial charge in [-0.25, -0.2) is 9.59 Å². The quantitative estimate of drug-likeness (QED) is 0.762. The maximum atomic E-state index is 11.8. The highest BCUT2D eigenvalue weighted by Gasteiger charge is 2.35. The summed E-state index contributed by atoms with van der Waals surface area (Å²) in [6.45, 7) is 10.0. The second-order valence-electron chi connectivity index (χ2n) is 4.88. The molecule has 0 aromatic rings. The Morgan fingerprint density at radius 2 is 1.89 bits per heavy atom. The predicted octanol–water partition coefficient (Wildman–Crippen LogP) is 1.86. The van der Waals surface area contributed by atoms with E-state index in [9.17, 15) is 9.59 Å². The molecule has 0 rings (SSSR count). The van der Waals surface area contributed by atoms with Gasteiger partial charge in [-0.1, -0.05) is 6.58 Å².